The monoisotopic (exact) mass is 291 g/mol. The number of para-hydroxylation sites is 1. The minimum atomic E-state index is -0.898. The van der Waals surface area contributed by atoms with Crippen LogP contribution >= 0.6 is 0 Å². The van der Waals surface area contributed by atoms with Crippen molar-refractivity contribution in [2.24, 2.45) is 0 Å². The Morgan fingerprint density at radius 3 is 2.67 bits per heavy atom. The van der Waals surface area contributed by atoms with Crippen molar-refractivity contribution in [3.63, 3.8) is 0 Å². The van der Waals surface area contributed by atoms with Gasteiger partial charge in [0.15, 0.2) is 0 Å². The number of ether oxygens (including phenoxy) is 1. The largest absolute Gasteiger partial charge is 0.489 e. The Balaban J connectivity index is 2.14. The number of aliphatic hydroxyl groups excluding tert-OH is 1. The average molecular weight is 291 g/mol. The number of nitro benzene ring substituents is 1. The first kappa shape index (κ1) is 14.9. The molecule has 0 bridgehead atoms. The molecule has 2 aromatic carbocycles. The van der Waals surface area contributed by atoms with Crippen molar-refractivity contribution in [1.82, 2.24) is 0 Å². The summed E-state index contributed by atoms with van der Waals surface area (Å²) in [5, 5.41) is 20.2. The zero-order chi connectivity index (χ0) is 15.4. The van der Waals surface area contributed by atoms with Crippen LogP contribution in [0.1, 0.15) is 24.2 Å². The second kappa shape index (κ2) is 6.32. The average Bonchev–Trinajstić information content (AvgIpc) is 2.45. The van der Waals surface area contributed by atoms with E-state index in [1.54, 1.807) is 31.2 Å². The van der Waals surface area contributed by atoms with Gasteiger partial charge in [-0.05, 0) is 30.7 Å². The minimum Gasteiger partial charge on any atom is -0.489 e. The maximum Gasteiger partial charge on any atom is 0.304 e. The summed E-state index contributed by atoms with van der Waals surface area (Å²) in [6, 6.07) is 10.6. The van der Waals surface area contributed by atoms with E-state index in [1.807, 2.05) is 0 Å². The predicted molar refractivity (Wildman–Crippen MR) is 74.5 cm³/mol. The summed E-state index contributed by atoms with van der Waals surface area (Å²) in [5.41, 5.74) is 0.529. The summed E-state index contributed by atoms with van der Waals surface area (Å²) in [6.45, 7) is 1.67. The van der Waals surface area contributed by atoms with Gasteiger partial charge in [0, 0.05) is 11.6 Å². The van der Waals surface area contributed by atoms with E-state index in [1.165, 1.54) is 6.07 Å². The third-order valence-corrected chi connectivity index (χ3v) is 2.97. The van der Waals surface area contributed by atoms with Crippen molar-refractivity contribution in [2.45, 2.75) is 19.6 Å². The highest BCUT2D eigenvalue weighted by Crippen LogP contribution is 2.26. The standard InChI is InChI=1S/C15H14FNO4/c1-10(18)12-4-2-3-5-15(12)21-9-11-6-7-14(17(19)20)13(16)8-11/h2-8,10,18H,9H2,1H3. The molecule has 0 fully saturated rings. The molecule has 0 heterocycles. The molecule has 1 N–H and O–H groups in total. The van der Waals surface area contributed by atoms with Crippen molar-refractivity contribution in [1.29, 1.82) is 0 Å². The van der Waals surface area contributed by atoms with Crippen LogP contribution < -0.4 is 4.74 Å². The normalized spacial score (nSPS) is 12.0. The van der Waals surface area contributed by atoms with E-state index in [-0.39, 0.29) is 6.61 Å². The molecule has 0 saturated heterocycles. The highest BCUT2D eigenvalue weighted by molar-refractivity contribution is 5.37. The van der Waals surface area contributed by atoms with E-state index in [0.29, 0.717) is 16.9 Å². The highest BCUT2D eigenvalue weighted by atomic mass is 19.1. The maximum absolute atomic E-state index is 13.5. The Hall–Kier alpha value is -2.47. The second-order valence-electron chi connectivity index (χ2n) is 4.55. The first-order valence-electron chi connectivity index (χ1n) is 6.31. The van der Waals surface area contributed by atoms with Crippen LogP contribution in [-0.2, 0) is 6.61 Å². The van der Waals surface area contributed by atoms with Gasteiger partial charge < -0.3 is 9.84 Å². The van der Waals surface area contributed by atoms with Gasteiger partial charge in [0.1, 0.15) is 12.4 Å². The van der Waals surface area contributed by atoms with E-state index in [4.69, 9.17) is 4.74 Å². The SMILES string of the molecule is CC(O)c1ccccc1OCc1ccc([N+](=O)[O-])c(F)c1. The van der Waals surface area contributed by atoms with Gasteiger partial charge in [-0.1, -0.05) is 18.2 Å². The summed E-state index contributed by atoms with van der Waals surface area (Å²) in [7, 11) is 0. The number of rotatable bonds is 5. The molecule has 0 spiro atoms. The van der Waals surface area contributed by atoms with Gasteiger partial charge in [0.2, 0.25) is 5.82 Å². The topological polar surface area (TPSA) is 72.6 Å². The van der Waals surface area contributed by atoms with Crippen LogP contribution in [0, 0.1) is 15.9 Å². The fourth-order valence-electron chi connectivity index (χ4n) is 1.91. The molecule has 0 radical (unpaired) electrons. The van der Waals surface area contributed by atoms with Gasteiger partial charge >= 0.3 is 5.69 Å². The summed E-state index contributed by atoms with van der Waals surface area (Å²) < 4.78 is 19.0. The van der Waals surface area contributed by atoms with Crippen molar-refractivity contribution >= 4 is 5.69 Å². The molecule has 2 rings (SSSR count). The quantitative estimate of drug-likeness (QED) is 0.677. The van der Waals surface area contributed by atoms with E-state index in [9.17, 15) is 19.6 Å². The first-order valence-corrected chi connectivity index (χ1v) is 6.31. The van der Waals surface area contributed by atoms with Gasteiger partial charge in [-0.3, -0.25) is 10.1 Å². The van der Waals surface area contributed by atoms with Crippen LogP contribution in [0.5, 0.6) is 5.75 Å². The Kier molecular flexibility index (Phi) is 4.49. The molecule has 0 aromatic heterocycles. The first-order chi connectivity index (χ1) is 9.99. The molecule has 0 aliphatic heterocycles. The molecule has 0 amide bonds. The summed E-state index contributed by atoms with van der Waals surface area (Å²) in [6.07, 6.45) is -0.685. The smallest absolute Gasteiger partial charge is 0.304 e. The van der Waals surface area contributed by atoms with Crippen LogP contribution in [0.25, 0.3) is 0 Å². The third-order valence-electron chi connectivity index (χ3n) is 2.97. The van der Waals surface area contributed by atoms with Crippen molar-refractivity contribution in [3.05, 3.63) is 69.5 Å². The third kappa shape index (κ3) is 3.55. The van der Waals surface area contributed by atoms with Gasteiger partial charge in [-0.2, -0.15) is 4.39 Å². The van der Waals surface area contributed by atoms with E-state index < -0.39 is 22.5 Å². The van der Waals surface area contributed by atoms with Crippen LogP contribution in [-0.4, -0.2) is 10.0 Å². The zero-order valence-corrected chi connectivity index (χ0v) is 11.3. The van der Waals surface area contributed by atoms with Crippen LogP contribution in [0.2, 0.25) is 0 Å². The number of nitro groups is 1. The lowest BCUT2D eigenvalue weighted by Gasteiger charge is -2.13. The van der Waals surface area contributed by atoms with Crippen LogP contribution in [0.15, 0.2) is 42.5 Å². The Morgan fingerprint density at radius 2 is 2.05 bits per heavy atom. The van der Waals surface area contributed by atoms with Crippen LogP contribution in [0.4, 0.5) is 10.1 Å². The summed E-state index contributed by atoms with van der Waals surface area (Å²) in [4.78, 5) is 9.76. The highest BCUT2D eigenvalue weighted by Gasteiger charge is 2.14. The van der Waals surface area contributed by atoms with Crippen molar-refractivity contribution < 1.29 is 19.2 Å². The fraction of sp³-hybridized carbons (Fsp3) is 0.200. The fourth-order valence-corrected chi connectivity index (χ4v) is 1.91. The number of nitrogens with zero attached hydrogens (tertiary/aromatic N) is 1. The van der Waals surface area contributed by atoms with E-state index >= 15 is 0 Å². The van der Waals surface area contributed by atoms with Gasteiger partial charge in [-0.25, -0.2) is 0 Å². The summed E-state index contributed by atoms with van der Waals surface area (Å²) >= 11 is 0. The van der Waals surface area contributed by atoms with E-state index in [0.717, 1.165) is 12.1 Å². The Morgan fingerprint density at radius 1 is 1.33 bits per heavy atom. The number of hydrogen-bond acceptors (Lipinski definition) is 4. The number of halogens is 1. The lowest BCUT2D eigenvalue weighted by molar-refractivity contribution is -0.387. The number of benzene rings is 2. The molecular weight excluding hydrogens is 277 g/mol. The summed E-state index contributed by atoms with van der Waals surface area (Å²) in [5.74, 6) is -0.406. The molecule has 21 heavy (non-hydrogen) atoms. The van der Waals surface area contributed by atoms with Crippen molar-refractivity contribution in [2.75, 3.05) is 0 Å². The zero-order valence-electron chi connectivity index (χ0n) is 11.3. The molecule has 2 aromatic rings. The minimum absolute atomic E-state index is 0.0542. The molecule has 0 aliphatic carbocycles. The van der Waals surface area contributed by atoms with E-state index in [2.05, 4.69) is 0 Å². The predicted octanol–water partition coefficient (Wildman–Crippen LogP) is 3.37. The molecular formula is C15H14FNO4. The van der Waals surface area contributed by atoms with Gasteiger partial charge in [0.25, 0.3) is 0 Å². The molecule has 1 unspecified atom stereocenters. The molecule has 0 aliphatic rings. The lowest BCUT2D eigenvalue weighted by Crippen LogP contribution is -2.02. The van der Waals surface area contributed by atoms with Gasteiger partial charge in [-0.15, -0.1) is 0 Å². The number of aliphatic hydroxyl groups is 1. The van der Waals surface area contributed by atoms with Crippen molar-refractivity contribution in [3.8, 4) is 5.75 Å². The lowest BCUT2D eigenvalue weighted by atomic mass is 10.1. The molecule has 110 valence electrons. The molecule has 6 heteroatoms. The number of hydrogen-bond donors (Lipinski definition) is 1. The molecule has 1 atom stereocenters. The Bertz CT molecular complexity index is 658. The molecule has 5 nitrogen and oxygen atoms in total. The Labute approximate surface area is 120 Å². The van der Waals surface area contributed by atoms with Gasteiger partial charge in [0.05, 0.1) is 11.0 Å². The van der Waals surface area contributed by atoms with Crippen LogP contribution in [0.3, 0.4) is 0 Å². The molecule has 0 saturated carbocycles. The maximum atomic E-state index is 13.5. The second-order valence-corrected chi connectivity index (χ2v) is 4.55.